The molecule has 0 aromatic heterocycles. The maximum Gasteiger partial charge on any atom is 0.410 e. The van der Waals surface area contributed by atoms with Gasteiger partial charge in [-0.05, 0) is 59.3 Å². The van der Waals surface area contributed by atoms with Gasteiger partial charge in [0, 0.05) is 25.2 Å². The molecule has 2 atom stereocenters. The molecule has 1 heterocycles. The Hall–Kier alpha value is -0.770. The minimum atomic E-state index is -0.406. The minimum Gasteiger partial charge on any atom is -0.444 e. The highest BCUT2D eigenvalue weighted by atomic mass is 16.6. The van der Waals surface area contributed by atoms with Crippen LogP contribution in [-0.2, 0) is 4.74 Å². The summed E-state index contributed by atoms with van der Waals surface area (Å²) in [6.45, 7) is 9.78. The van der Waals surface area contributed by atoms with Gasteiger partial charge in [0.05, 0.1) is 0 Å². The van der Waals surface area contributed by atoms with Crippen molar-refractivity contribution in [1.82, 2.24) is 10.2 Å². The van der Waals surface area contributed by atoms with Crippen LogP contribution in [0.3, 0.4) is 0 Å². The molecule has 2 unspecified atom stereocenters. The lowest BCUT2D eigenvalue weighted by Crippen LogP contribution is -2.47. The molecule has 4 nitrogen and oxygen atoms in total. The Morgan fingerprint density at radius 1 is 1.30 bits per heavy atom. The fraction of sp³-hybridized carbons (Fsp3) is 0.938. The van der Waals surface area contributed by atoms with Crippen LogP contribution in [0.5, 0.6) is 0 Å². The van der Waals surface area contributed by atoms with E-state index in [0.717, 1.165) is 31.8 Å². The van der Waals surface area contributed by atoms with E-state index >= 15 is 0 Å². The molecule has 0 spiro atoms. The first kappa shape index (κ1) is 15.6. The zero-order chi connectivity index (χ0) is 14.8. The van der Waals surface area contributed by atoms with Gasteiger partial charge in [-0.15, -0.1) is 0 Å². The van der Waals surface area contributed by atoms with Crippen LogP contribution in [0.25, 0.3) is 0 Å². The number of carbonyl (C=O) groups excluding carboxylic acids is 1. The second kappa shape index (κ2) is 6.33. The number of hydrogen-bond donors (Lipinski definition) is 1. The average Bonchev–Trinajstić information content (AvgIpc) is 2.69. The van der Waals surface area contributed by atoms with Crippen LogP contribution in [0.1, 0.15) is 59.8 Å². The van der Waals surface area contributed by atoms with Crippen LogP contribution < -0.4 is 5.32 Å². The van der Waals surface area contributed by atoms with Gasteiger partial charge in [0.2, 0.25) is 0 Å². The molecule has 1 aliphatic carbocycles. The normalized spacial score (nSPS) is 25.4. The number of amides is 1. The first-order valence-corrected chi connectivity index (χ1v) is 8.10. The largest absolute Gasteiger partial charge is 0.444 e. The highest BCUT2D eigenvalue weighted by Crippen LogP contribution is 2.29. The van der Waals surface area contributed by atoms with E-state index in [1.54, 1.807) is 0 Å². The summed E-state index contributed by atoms with van der Waals surface area (Å²) in [4.78, 5) is 14.1. The molecule has 1 aliphatic heterocycles. The van der Waals surface area contributed by atoms with E-state index in [9.17, 15) is 4.79 Å². The summed E-state index contributed by atoms with van der Waals surface area (Å²) in [7, 11) is 0. The minimum absolute atomic E-state index is 0.155. The van der Waals surface area contributed by atoms with Crippen LogP contribution in [0.4, 0.5) is 4.79 Å². The summed E-state index contributed by atoms with van der Waals surface area (Å²) in [5, 5.41) is 3.62. The van der Waals surface area contributed by atoms with Gasteiger partial charge in [0.25, 0.3) is 0 Å². The predicted molar refractivity (Wildman–Crippen MR) is 80.8 cm³/mol. The van der Waals surface area contributed by atoms with E-state index in [0.29, 0.717) is 12.1 Å². The maximum atomic E-state index is 12.2. The zero-order valence-corrected chi connectivity index (χ0v) is 13.4. The molecule has 0 aromatic rings. The number of hydrogen-bond acceptors (Lipinski definition) is 3. The lowest BCUT2D eigenvalue weighted by atomic mass is 9.80. The molecular weight excluding hydrogens is 252 g/mol. The second-order valence-corrected chi connectivity index (χ2v) is 7.36. The zero-order valence-electron chi connectivity index (χ0n) is 13.4. The van der Waals surface area contributed by atoms with Gasteiger partial charge in [0.1, 0.15) is 5.60 Å². The SMILES string of the molecule is CC(NCC1CCCN1C(=O)OC(C)(C)C)C1CCC1. The molecule has 1 saturated carbocycles. The highest BCUT2D eigenvalue weighted by Gasteiger charge is 2.33. The number of ether oxygens (including phenoxy) is 1. The van der Waals surface area contributed by atoms with Gasteiger partial charge in [-0.2, -0.15) is 0 Å². The quantitative estimate of drug-likeness (QED) is 0.861. The van der Waals surface area contributed by atoms with E-state index in [1.807, 2.05) is 25.7 Å². The molecule has 2 aliphatic rings. The van der Waals surface area contributed by atoms with Crippen LogP contribution >= 0.6 is 0 Å². The van der Waals surface area contributed by atoms with Crippen molar-refractivity contribution < 1.29 is 9.53 Å². The number of nitrogens with zero attached hydrogens (tertiary/aromatic N) is 1. The maximum absolute atomic E-state index is 12.2. The average molecular weight is 282 g/mol. The number of carbonyl (C=O) groups is 1. The Morgan fingerprint density at radius 3 is 2.55 bits per heavy atom. The molecule has 0 aromatic carbocycles. The van der Waals surface area contributed by atoms with Gasteiger partial charge in [-0.25, -0.2) is 4.79 Å². The van der Waals surface area contributed by atoms with Crippen LogP contribution in [0.2, 0.25) is 0 Å². The summed E-state index contributed by atoms with van der Waals surface area (Å²) in [5.41, 5.74) is -0.406. The summed E-state index contributed by atoms with van der Waals surface area (Å²) >= 11 is 0. The van der Waals surface area contributed by atoms with Gasteiger partial charge in [-0.1, -0.05) is 6.42 Å². The number of rotatable bonds is 4. The molecule has 0 bridgehead atoms. The fourth-order valence-corrected chi connectivity index (χ4v) is 3.04. The van der Waals surface area contributed by atoms with Gasteiger partial charge >= 0.3 is 6.09 Å². The van der Waals surface area contributed by atoms with Gasteiger partial charge in [-0.3, -0.25) is 0 Å². The van der Waals surface area contributed by atoms with Crippen molar-refractivity contribution in [2.45, 2.75) is 77.5 Å². The summed E-state index contributed by atoms with van der Waals surface area (Å²) < 4.78 is 5.50. The van der Waals surface area contributed by atoms with Crippen LogP contribution in [0.15, 0.2) is 0 Å². The first-order valence-electron chi connectivity index (χ1n) is 8.10. The van der Waals surface area contributed by atoms with Crippen molar-refractivity contribution in [2.75, 3.05) is 13.1 Å². The van der Waals surface area contributed by atoms with E-state index in [2.05, 4.69) is 12.2 Å². The number of nitrogens with one attached hydrogen (secondary N) is 1. The lowest BCUT2D eigenvalue weighted by molar-refractivity contribution is 0.0222. The van der Waals surface area contributed by atoms with Crippen molar-refractivity contribution in [3.63, 3.8) is 0 Å². The second-order valence-electron chi connectivity index (χ2n) is 7.36. The fourth-order valence-electron chi connectivity index (χ4n) is 3.04. The Balaban J connectivity index is 1.79. The third-order valence-electron chi connectivity index (χ3n) is 4.54. The molecule has 1 amide bonds. The van der Waals surface area contributed by atoms with Crippen molar-refractivity contribution >= 4 is 6.09 Å². The molecule has 116 valence electrons. The van der Waals surface area contributed by atoms with E-state index in [-0.39, 0.29) is 6.09 Å². The van der Waals surface area contributed by atoms with Crippen molar-refractivity contribution in [2.24, 2.45) is 5.92 Å². The molecule has 4 heteroatoms. The Morgan fingerprint density at radius 2 is 2.00 bits per heavy atom. The standard InChI is InChI=1S/C16H30N2O2/c1-12(13-7-5-8-13)17-11-14-9-6-10-18(14)15(19)20-16(2,3)4/h12-14,17H,5-11H2,1-4H3. The summed E-state index contributed by atoms with van der Waals surface area (Å²) in [6, 6.07) is 0.872. The van der Waals surface area contributed by atoms with E-state index < -0.39 is 5.60 Å². The first-order chi connectivity index (χ1) is 9.37. The Kier molecular flexibility index (Phi) is 4.95. The predicted octanol–water partition coefficient (Wildman–Crippen LogP) is 3.16. The van der Waals surface area contributed by atoms with Crippen molar-refractivity contribution in [1.29, 1.82) is 0 Å². The summed E-state index contributed by atoms with van der Waals surface area (Å²) in [5.74, 6) is 0.839. The lowest BCUT2D eigenvalue weighted by Gasteiger charge is -2.34. The van der Waals surface area contributed by atoms with Crippen LogP contribution in [-0.4, -0.2) is 41.8 Å². The third kappa shape index (κ3) is 4.11. The van der Waals surface area contributed by atoms with Gasteiger partial charge in [0.15, 0.2) is 0 Å². The topological polar surface area (TPSA) is 41.6 Å². The van der Waals surface area contributed by atoms with Gasteiger partial charge < -0.3 is 15.0 Å². The monoisotopic (exact) mass is 282 g/mol. The Bertz CT molecular complexity index is 334. The molecule has 2 fully saturated rings. The molecule has 20 heavy (non-hydrogen) atoms. The third-order valence-corrected chi connectivity index (χ3v) is 4.54. The smallest absolute Gasteiger partial charge is 0.410 e. The summed E-state index contributed by atoms with van der Waals surface area (Å²) in [6.07, 6.45) is 6.11. The van der Waals surface area contributed by atoms with Crippen molar-refractivity contribution in [3.05, 3.63) is 0 Å². The molecule has 0 radical (unpaired) electrons. The Labute approximate surface area is 123 Å². The van der Waals surface area contributed by atoms with E-state index in [4.69, 9.17) is 4.74 Å². The van der Waals surface area contributed by atoms with Crippen LogP contribution in [0, 0.1) is 5.92 Å². The molecule has 1 saturated heterocycles. The molecule has 2 rings (SSSR count). The molecule has 1 N–H and O–H groups in total. The molecular formula is C16H30N2O2. The van der Waals surface area contributed by atoms with Crippen molar-refractivity contribution in [3.8, 4) is 0 Å². The highest BCUT2D eigenvalue weighted by molar-refractivity contribution is 5.69. The van der Waals surface area contributed by atoms with E-state index in [1.165, 1.54) is 19.3 Å². The number of likely N-dealkylation sites (tertiary alicyclic amines) is 1.